The molecule has 3 aromatic rings. The molecule has 2 aromatic heterocycles. The zero-order chi connectivity index (χ0) is 17.8. The lowest BCUT2D eigenvalue weighted by Gasteiger charge is -2.10. The molecule has 130 valence electrons. The number of nitrogens with zero attached hydrogens (tertiary/aromatic N) is 1. The van der Waals surface area contributed by atoms with E-state index in [2.05, 4.69) is 26.2 Å². The molecule has 0 aliphatic heterocycles. The van der Waals surface area contributed by atoms with Crippen LogP contribution < -0.4 is 10.1 Å². The first-order valence-electron chi connectivity index (χ1n) is 7.67. The number of anilines is 1. The number of methoxy groups -OCH3 is 1. The van der Waals surface area contributed by atoms with Crippen LogP contribution in [0, 0.1) is 6.92 Å². The number of aryl methyl sites for hydroxylation is 1. The second-order valence-corrected chi connectivity index (χ2v) is 6.26. The van der Waals surface area contributed by atoms with Crippen molar-refractivity contribution in [2.24, 2.45) is 0 Å². The number of halogens is 1. The molecule has 1 amide bonds. The number of furan rings is 1. The minimum absolute atomic E-state index is 0.264. The predicted octanol–water partition coefficient (Wildman–Crippen LogP) is 4.18. The highest BCUT2D eigenvalue weighted by atomic mass is 79.9. The number of hydrogen-bond acceptors (Lipinski definition) is 5. The largest absolute Gasteiger partial charge is 0.474 e. The van der Waals surface area contributed by atoms with Gasteiger partial charge in [-0.2, -0.15) is 0 Å². The van der Waals surface area contributed by atoms with Crippen LogP contribution in [0.2, 0.25) is 0 Å². The number of ether oxygens (including phenoxy) is 2. The molecule has 1 aromatic carbocycles. The van der Waals surface area contributed by atoms with Crippen LogP contribution in [0.3, 0.4) is 0 Å². The van der Waals surface area contributed by atoms with Gasteiger partial charge in [0.25, 0.3) is 5.91 Å². The van der Waals surface area contributed by atoms with Crippen LogP contribution in [-0.4, -0.2) is 31.2 Å². The van der Waals surface area contributed by atoms with Gasteiger partial charge in [-0.1, -0.05) is 15.9 Å². The van der Waals surface area contributed by atoms with Gasteiger partial charge in [-0.15, -0.1) is 0 Å². The van der Waals surface area contributed by atoms with Gasteiger partial charge in [-0.25, -0.2) is 4.98 Å². The van der Waals surface area contributed by atoms with Crippen LogP contribution in [0.1, 0.15) is 16.1 Å². The molecule has 0 bridgehead atoms. The maximum Gasteiger partial charge on any atom is 0.291 e. The zero-order valence-electron chi connectivity index (χ0n) is 13.8. The van der Waals surface area contributed by atoms with E-state index < -0.39 is 0 Å². The van der Waals surface area contributed by atoms with Crippen LogP contribution >= 0.6 is 15.9 Å². The molecular weight excluding hydrogens is 388 g/mol. The molecule has 25 heavy (non-hydrogen) atoms. The fourth-order valence-electron chi connectivity index (χ4n) is 2.41. The normalized spacial score (nSPS) is 10.8. The minimum Gasteiger partial charge on any atom is -0.474 e. The quantitative estimate of drug-likeness (QED) is 0.623. The monoisotopic (exact) mass is 404 g/mol. The maximum atomic E-state index is 12.6. The van der Waals surface area contributed by atoms with E-state index in [0.717, 1.165) is 15.4 Å². The molecule has 1 N–H and O–H groups in total. The van der Waals surface area contributed by atoms with E-state index in [-0.39, 0.29) is 11.7 Å². The standard InChI is InChI=1S/C18H17BrN2O4/c1-11-13-10-12(19)5-6-15(13)25-16(11)17(22)21-14-4-3-7-20-18(14)24-9-8-23-2/h3-7,10H,8-9H2,1-2H3,(H,21,22). The molecule has 0 saturated carbocycles. The summed E-state index contributed by atoms with van der Waals surface area (Å²) in [6.07, 6.45) is 1.60. The molecule has 0 radical (unpaired) electrons. The Bertz CT molecular complexity index is 907. The highest BCUT2D eigenvalue weighted by molar-refractivity contribution is 9.10. The first-order valence-corrected chi connectivity index (χ1v) is 8.46. The number of nitrogens with one attached hydrogen (secondary N) is 1. The van der Waals surface area contributed by atoms with Gasteiger partial charge in [0.05, 0.1) is 6.61 Å². The van der Waals surface area contributed by atoms with Crippen molar-refractivity contribution in [3.63, 3.8) is 0 Å². The predicted molar refractivity (Wildman–Crippen MR) is 98.2 cm³/mol. The third-order valence-electron chi connectivity index (χ3n) is 3.65. The number of rotatable bonds is 6. The van der Waals surface area contributed by atoms with Crippen LogP contribution in [0.15, 0.2) is 45.4 Å². The maximum absolute atomic E-state index is 12.6. The van der Waals surface area contributed by atoms with Crippen molar-refractivity contribution in [3.8, 4) is 5.88 Å². The Balaban J connectivity index is 1.84. The second kappa shape index (κ2) is 7.67. The van der Waals surface area contributed by atoms with Gasteiger partial charge >= 0.3 is 0 Å². The summed E-state index contributed by atoms with van der Waals surface area (Å²) in [5.74, 6) is 0.249. The molecule has 0 saturated heterocycles. The summed E-state index contributed by atoms with van der Waals surface area (Å²) >= 11 is 3.43. The highest BCUT2D eigenvalue weighted by Gasteiger charge is 2.19. The summed E-state index contributed by atoms with van der Waals surface area (Å²) in [6, 6.07) is 9.07. The molecule has 0 unspecified atom stereocenters. The van der Waals surface area contributed by atoms with Crippen molar-refractivity contribution >= 4 is 38.5 Å². The van der Waals surface area contributed by atoms with Crippen LogP contribution in [0.4, 0.5) is 5.69 Å². The van der Waals surface area contributed by atoms with E-state index in [1.807, 2.05) is 25.1 Å². The van der Waals surface area contributed by atoms with E-state index in [1.54, 1.807) is 25.4 Å². The van der Waals surface area contributed by atoms with Crippen molar-refractivity contribution in [1.82, 2.24) is 4.98 Å². The van der Waals surface area contributed by atoms with Gasteiger partial charge in [0.1, 0.15) is 17.9 Å². The third kappa shape index (κ3) is 3.83. The Morgan fingerprint density at radius 1 is 1.32 bits per heavy atom. The minimum atomic E-state index is -0.352. The molecule has 3 rings (SSSR count). The van der Waals surface area contributed by atoms with Crippen molar-refractivity contribution in [2.45, 2.75) is 6.92 Å². The number of fused-ring (bicyclic) bond motifs is 1. The Labute approximate surface area is 153 Å². The van der Waals surface area contributed by atoms with E-state index in [4.69, 9.17) is 13.9 Å². The average molecular weight is 405 g/mol. The number of hydrogen-bond donors (Lipinski definition) is 1. The van der Waals surface area contributed by atoms with Crippen molar-refractivity contribution in [2.75, 3.05) is 25.6 Å². The summed E-state index contributed by atoms with van der Waals surface area (Å²) in [4.78, 5) is 16.8. The van der Waals surface area contributed by atoms with E-state index in [1.165, 1.54) is 0 Å². The van der Waals surface area contributed by atoms with Crippen molar-refractivity contribution in [3.05, 3.63) is 52.3 Å². The SMILES string of the molecule is COCCOc1ncccc1NC(=O)c1oc2ccc(Br)cc2c1C. The Hall–Kier alpha value is -2.38. The van der Waals surface area contributed by atoms with Gasteiger partial charge < -0.3 is 19.2 Å². The summed E-state index contributed by atoms with van der Waals surface area (Å²) in [7, 11) is 1.59. The summed E-state index contributed by atoms with van der Waals surface area (Å²) in [5, 5.41) is 3.69. The number of benzene rings is 1. The molecule has 6 nitrogen and oxygen atoms in total. The zero-order valence-corrected chi connectivity index (χ0v) is 15.4. The average Bonchev–Trinajstić information content (AvgIpc) is 2.93. The first-order chi connectivity index (χ1) is 12.1. The van der Waals surface area contributed by atoms with E-state index in [0.29, 0.717) is 30.4 Å². The van der Waals surface area contributed by atoms with E-state index >= 15 is 0 Å². The number of carbonyl (C=O) groups excluding carboxylic acids is 1. The van der Waals surface area contributed by atoms with Gasteiger partial charge in [0.2, 0.25) is 5.88 Å². The fraction of sp³-hybridized carbons (Fsp3) is 0.222. The van der Waals surface area contributed by atoms with Gasteiger partial charge in [-0.3, -0.25) is 4.79 Å². The van der Waals surface area contributed by atoms with Crippen molar-refractivity contribution < 1.29 is 18.7 Å². The molecule has 0 spiro atoms. The number of pyridine rings is 1. The topological polar surface area (TPSA) is 73.6 Å². The Morgan fingerprint density at radius 2 is 2.16 bits per heavy atom. The van der Waals surface area contributed by atoms with Crippen LogP contribution in [0.5, 0.6) is 5.88 Å². The lowest BCUT2D eigenvalue weighted by atomic mass is 10.1. The number of amides is 1. The van der Waals surface area contributed by atoms with Crippen LogP contribution in [-0.2, 0) is 4.74 Å². The van der Waals surface area contributed by atoms with Gasteiger partial charge in [0.15, 0.2) is 5.76 Å². The fourth-order valence-corrected chi connectivity index (χ4v) is 2.77. The molecule has 2 heterocycles. The molecule has 0 aliphatic rings. The summed E-state index contributed by atoms with van der Waals surface area (Å²) in [5.41, 5.74) is 1.91. The number of carbonyl (C=O) groups is 1. The van der Waals surface area contributed by atoms with Gasteiger partial charge in [-0.05, 0) is 37.3 Å². The lowest BCUT2D eigenvalue weighted by Crippen LogP contribution is -2.14. The third-order valence-corrected chi connectivity index (χ3v) is 4.14. The second-order valence-electron chi connectivity index (χ2n) is 5.35. The van der Waals surface area contributed by atoms with E-state index in [9.17, 15) is 4.79 Å². The summed E-state index contributed by atoms with van der Waals surface area (Å²) in [6.45, 7) is 2.63. The highest BCUT2D eigenvalue weighted by Crippen LogP contribution is 2.29. The molecule has 0 atom stereocenters. The molecule has 7 heteroatoms. The van der Waals surface area contributed by atoms with Crippen LogP contribution in [0.25, 0.3) is 11.0 Å². The summed E-state index contributed by atoms with van der Waals surface area (Å²) < 4.78 is 17.1. The van der Waals surface area contributed by atoms with Gasteiger partial charge in [0, 0.05) is 28.7 Å². The molecular formula is C18H17BrN2O4. The Kier molecular flexibility index (Phi) is 5.35. The smallest absolute Gasteiger partial charge is 0.291 e. The Morgan fingerprint density at radius 3 is 2.96 bits per heavy atom. The lowest BCUT2D eigenvalue weighted by molar-refractivity contribution is 0.0996. The first kappa shape index (κ1) is 17.4. The molecule has 0 fully saturated rings. The van der Waals surface area contributed by atoms with Crippen molar-refractivity contribution in [1.29, 1.82) is 0 Å². The number of aromatic nitrogens is 1. The molecule has 0 aliphatic carbocycles.